The van der Waals surface area contributed by atoms with E-state index in [1.54, 1.807) is 0 Å². The van der Waals surface area contributed by atoms with E-state index in [0.29, 0.717) is 6.10 Å². The average molecular weight is 247 g/mol. The van der Waals surface area contributed by atoms with Gasteiger partial charge in [-0.3, -0.25) is 0 Å². The molecule has 1 aliphatic heterocycles. The number of nitrogens with one attached hydrogen (secondary N) is 1. The fourth-order valence-corrected chi connectivity index (χ4v) is 2.51. The fraction of sp³-hybridized carbons (Fsp3) is 0.625. The zero-order valence-electron chi connectivity index (χ0n) is 11.7. The molecule has 2 rings (SSSR count). The minimum absolute atomic E-state index is 0.491. The van der Waals surface area contributed by atoms with Gasteiger partial charge in [-0.25, -0.2) is 0 Å². The molecule has 2 nitrogen and oxygen atoms in total. The molecular weight excluding hydrogens is 222 g/mol. The van der Waals surface area contributed by atoms with E-state index in [1.165, 1.54) is 36.0 Å². The van der Waals surface area contributed by atoms with Crippen molar-refractivity contribution in [2.24, 2.45) is 0 Å². The molecule has 1 aromatic rings. The Hall–Kier alpha value is -0.860. The highest BCUT2D eigenvalue weighted by Gasteiger charge is 2.12. The Morgan fingerprint density at radius 3 is 2.94 bits per heavy atom. The van der Waals surface area contributed by atoms with Gasteiger partial charge in [0.05, 0.1) is 6.10 Å². The third kappa shape index (κ3) is 4.11. The van der Waals surface area contributed by atoms with Crippen molar-refractivity contribution in [3.63, 3.8) is 0 Å². The summed E-state index contributed by atoms with van der Waals surface area (Å²) in [5.41, 5.74) is 4.13. The molecule has 1 unspecified atom stereocenters. The van der Waals surface area contributed by atoms with Crippen LogP contribution in [0.25, 0.3) is 0 Å². The Balaban J connectivity index is 1.69. The molecule has 1 N–H and O–H groups in total. The van der Waals surface area contributed by atoms with Crippen molar-refractivity contribution in [3.05, 3.63) is 34.9 Å². The van der Waals surface area contributed by atoms with Crippen molar-refractivity contribution in [2.75, 3.05) is 13.2 Å². The van der Waals surface area contributed by atoms with Crippen LogP contribution in [0, 0.1) is 13.8 Å². The van der Waals surface area contributed by atoms with Gasteiger partial charge in [-0.05, 0) is 57.2 Å². The maximum Gasteiger partial charge on any atom is 0.0587 e. The highest BCUT2D eigenvalue weighted by atomic mass is 16.5. The number of hydrogen-bond donors (Lipinski definition) is 1. The first-order valence-electron chi connectivity index (χ1n) is 7.14. The molecule has 0 radical (unpaired) electrons. The van der Waals surface area contributed by atoms with Gasteiger partial charge in [-0.2, -0.15) is 0 Å². The molecule has 1 atom stereocenters. The first kappa shape index (κ1) is 13.6. The number of rotatable bonds is 5. The van der Waals surface area contributed by atoms with Gasteiger partial charge in [0.1, 0.15) is 0 Å². The summed E-state index contributed by atoms with van der Waals surface area (Å²) in [6, 6.07) is 6.66. The van der Waals surface area contributed by atoms with Crippen LogP contribution in [0.15, 0.2) is 18.2 Å². The molecule has 1 aromatic carbocycles. The molecule has 1 fully saturated rings. The summed E-state index contributed by atoms with van der Waals surface area (Å²) in [5.74, 6) is 0. The number of ether oxygens (including phenoxy) is 1. The van der Waals surface area contributed by atoms with Crippen LogP contribution in [0.3, 0.4) is 0 Å². The SMILES string of the molecule is Cc1ccc(C)c(CNCCC2CCCCO2)c1. The number of benzene rings is 1. The van der Waals surface area contributed by atoms with Crippen LogP contribution < -0.4 is 5.32 Å². The topological polar surface area (TPSA) is 21.3 Å². The van der Waals surface area contributed by atoms with Crippen molar-refractivity contribution in [1.29, 1.82) is 0 Å². The Morgan fingerprint density at radius 2 is 2.17 bits per heavy atom. The Bertz CT molecular complexity index is 369. The van der Waals surface area contributed by atoms with Gasteiger partial charge in [0.25, 0.3) is 0 Å². The molecule has 1 aliphatic rings. The van der Waals surface area contributed by atoms with Crippen LogP contribution in [-0.4, -0.2) is 19.3 Å². The summed E-state index contributed by atoms with van der Waals surface area (Å²) in [4.78, 5) is 0. The first-order valence-corrected chi connectivity index (χ1v) is 7.14. The predicted octanol–water partition coefficient (Wildman–Crippen LogP) is 3.35. The second-order valence-corrected chi connectivity index (χ2v) is 5.38. The number of hydrogen-bond acceptors (Lipinski definition) is 2. The van der Waals surface area contributed by atoms with Gasteiger partial charge < -0.3 is 10.1 Å². The van der Waals surface area contributed by atoms with E-state index < -0.39 is 0 Å². The predicted molar refractivity (Wildman–Crippen MR) is 75.8 cm³/mol. The second-order valence-electron chi connectivity index (χ2n) is 5.38. The van der Waals surface area contributed by atoms with E-state index in [1.807, 2.05) is 0 Å². The van der Waals surface area contributed by atoms with Crippen molar-refractivity contribution >= 4 is 0 Å². The van der Waals surface area contributed by atoms with Crippen LogP contribution in [0.2, 0.25) is 0 Å². The van der Waals surface area contributed by atoms with Crippen LogP contribution in [0.1, 0.15) is 42.4 Å². The molecule has 0 aliphatic carbocycles. The summed E-state index contributed by atoms with van der Waals surface area (Å²) in [6.45, 7) is 7.32. The molecule has 1 heterocycles. The van der Waals surface area contributed by atoms with E-state index in [9.17, 15) is 0 Å². The maximum absolute atomic E-state index is 5.73. The molecule has 0 spiro atoms. The van der Waals surface area contributed by atoms with Gasteiger partial charge in [-0.15, -0.1) is 0 Å². The summed E-state index contributed by atoms with van der Waals surface area (Å²) >= 11 is 0. The normalized spacial score (nSPS) is 20.0. The van der Waals surface area contributed by atoms with Crippen molar-refractivity contribution in [3.8, 4) is 0 Å². The Kier molecular flexibility index (Phi) is 5.21. The van der Waals surface area contributed by atoms with Crippen molar-refractivity contribution in [1.82, 2.24) is 5.32 Å². The van der Waals surface area contributed by atoms with Crippen molar-refractivity contribution in [2.45, 2.75) is 52.2 Å². The zero-order valence-corrected chi connectivity index (χ0v) is 11.7. The van der Waals surface area contributed by atoms with E-state index in [2.05, 4.69) is 37.4 Å². The molecule has 18 heavy (non-hydrogen) atoms. The Morgan fingerprint density at radius 1 is 1.28 bits per heavy atom. The Labute approximate surface area is 111 Å². The van der Waals surface area contributed by atoms with Crippen LogP contribution in [-0.2, 0) is 11.3 Å². The summed E-state index contributed by atoms with van der Waals surface area (Å²) in [5, 5.41) is 3.54. The lowest BCUT2D eigenvalue weighted by Gasteiger charge is -2.22. The van der Waals surface area contributed by atoms with Crippen LogP contribution in [0.5, 0.6) is 0 Å². The lowest BCUT2D eigenvalue weighted by molar-refractivity contribution is 0.0115. The largest absolute Gasteiger partial charge is 0.378 e. The minimum Gasteiger partial charge on any atom is -0.378 e. The van der Waals surface area contributed by atoms with Crippen LogP contribution in [0.4, 0.5) is 0 Å². The molecule has 0 amide bonds. The van der Waals surface area contributed by atoms with Gasteiger partial charge in [0, 0.05) is 13.2 Å². The highest BCUT2D eigenvalue weighted by Crippen LogP contribution is 2.15. The third-order valence-electron chi connectivity index (χ3n) is 3.74. The summed E-state index contributed by atoms with van der Waals surface area (Å²) in [6.07, 6.45) is 5.45. The van der Waals surface area contributed by atoms with Gasteiger partial charge in [0.15, 0.2) is 0 Å². The second kappa shape index (κ2) is 6.91. The first-order chi connectivity index (χ1) is 8.75. The molecule has 0 aromatic heterocycles. The number of aryl methyl sites for hydroxylation is 2. The highest BCUT2D eigenvalue weighted by molar-refractivity contribution is 5.30. The molecule has 0 saturated carbocycles. The molecule has 1 saturated heterocycles. The quantitative estimate of drug-likeness (QED) is 0.806. The lowest BCUT2D eigenvalue weighted by atomic mass is 10.0. The smallest absolute Gasteiger partial charge is 0.0587 e. The third-order valence-corrected chi connectivity index (χ3v) is 3.74. The van der Waals surface area contributed by atoms with Crippen LogP contribution >= 0.6 is 0 Å². The van der Waals surface area contributed by atoms with E-state index >= 15 is 0 Å². The summed E-state index contributed by atoms with van der Waals surface area (Å²) < 4.78 is 5.73. The van der Waals surface area contributed by atoms with Gasteiger partial charge in [-0.1, -0.05) is 23.8 Å². The zero-order chi connectivity index (χ0) is 12.8. The van der Waals surface area contributed by atoms with Gasteiger partial charge in [0.2, 0.25) is 0 Å². The monoisotopic (exact) mass is 247 g/mol. The summed E-state index contributed by atoms with van der Waals surface area (Å²) in [7, 11) is 0. The molecular formula is C16H25NO. The van der Waals surface area contributed by atoms with E-state index in [4.69, 9.17) is 4.74 Å². The average Bonchev–Trinajstić information content (AvgIpc) is 2.40. The molecule has 0 bridgehead atoms. The fourth-order valence-electron chi connectivity index (χ4n) is 2.51. The van der Waals surface area contributed by atoms with Crippen molar-refractivity contribution < 1.29 is 4.74 Å². The molecule has 2 heteroatoms. The standard InChI is InChI=1S/C16H25NO/c1-13-6-7-14(2)15(11-13)12-17-9-8-16-5-3-4-10-18-16/h6-7,11,16-17H,3-5,8-10,12H2,1-2H3. The maximum atomic E-state index is 5.73. The van der Waals surface area contributed by atoms with E-state index in [-0.39, 0.29) is 0 Å². The lowest BCUT2D eigenvalue weighted by Crippen LogP contribution is -2.25. The van der Waals surface area contributed by atoms with E-state index in [0.717, 1.165) is 26.1 Å². The van der Waals surface area contributed by atoms with Gasteiger partial charge >= 0.3 is 0 Å². The minimum atomic E-state index is 0.491. The molecule has 100 valence electrons.